The number of rotatable bonds is 3. The molecule has 0 bridgehead atoms. The molecule has 1 aliphatic rings. The van der Waals surface area contributed by atoms with Crippen LogP contribution in [0.1, 0.15) is 66.0 Å². The molecule has 0 spiro atoms. The molecule has 1 aromatic heterocycles. The fraction of sp³-hybridized carbons (Fsp3) is 0.435. The number of benzene rings is 1. The third-order valence-electron chi connectivity index (χ3n) is 5.68. The molecule has 0 aliphatic heterocycles. The van der Waals surface area contributed by atoms with Crippen molar-refractivity contribution in [2.75, 3.05) is 5.32 Å². The highest BCUT2D eigenvalue weighted by atomic mass is 32.1. The molecule has 1 heterocycles. The Morgan fingerprint density at radius 3 is 2.59 bits per heavy atom. The highest BCUT2D eigenvalue weighted by molar-refractivity contribution is 7.80. The van der Waals surface area contributed by atoms with Crippen molar-refractivity contribution in [2.45, 2.75) is 53.4 Å². The molecule has 4 nitrogen and oxygen atoms in total. The van der Waals surface area contributed by atoms with E-state index in [0.29, 0.717) is 17.0 Å². The molecule has 0 radical (unpaired) electrons. The van der Waals surface area contributed by atoms with E-state index in [2.05, 4.69) is 44.4 Å². The van der Waals surface area contributed by atoms with Crippen LogP contribution in [0.4, 0.5) is 5.00 Å². The summed E-state index contributed by atoms with van der Waals surface area (Å²) in [5.41, 5.74) is 3.80. The van der Waals surface area contributed by atoms with E-state index < -0.39 is 0 Å². The molecule has 152 valence electrons. The number of nitriles is 1. The Balaban J connectivity index is 1.71. The van der Waals surface area contributed by atoms with Crippen LogP contribution in [-0.4, -0.2) is 11.0 Å². The molecular weight excluding hydrogens is 398 g/mol. The van der Waals surface area contributed by atoms with Crippen LogP contribution in [-0.2, 0) is 19.3 Å². The summed E-state index contributed by atoms with van der Waals surface area (Å²) in [7, 11) is 0. The zero-order valence-electron chi connectivity index (χ0n) is 17.4. The first kappa shape index (κ1) is 21.5. The summed E-state index contributed by atoms with van der Waals surface area (Å²) >= 11 is 6.94. The van der Waals surface area contributed by atoms with Gasteiger partial charge in [-0.1, -0.05) is 39.8 Å². The van der Waals surface area contributed by atoms with Gasteiger partial charge in [0.1, 0.15) is 11.1 Å². The van der Waals surface area contributed by atoms with Gasteiger partial charge in [-0.25, -0.2) is 0 Å². The number of nitrogens with zero attached hydrogens (tertiary/aromatic N) is 1. The van der Waals surface area contributed by atoms with E-state index in [4.69, 9.17) is 12.2 Å². The van der Waals surface area contributed by atoms with Crippen LogP contribution in [0.25, 0.3) is 0 Å². The van der Waals surface area contributed by atoms with Crippen molar-refractivity contribution in [3.05, 3.63) is 51.4 Å². The first-order valence-corrected chi connectivity index (χ1v) is 11.2. The maximum atomic E-state index is 12.4. The number of fused-ring (bicyclic) bond motifs is 1. The van der Waals surface area contributed by atoms with Crippen LogP contribution >= 0.6 is 23.6 Å². The molecule has 1 atom stereocenters. The van der Waals surface area contributed by atoms with Crippen LogP contribution in [0.2, 0.25) is 0 Å². The molecule has 0 unspecified atom stereocenters. The van der Waals surface area contributed by atoms with Gasteiger partial charge < -0.3 is 5.32 Å². The molecule has 6 heteroatoms. The minimum absolute atomic E-state index is 0.219. The van der Waals surface area contributed by atoms with Crippen molar-refractivity contribution in [1.29, 1.82) is 5.26 Å². The van der Waals surface area contributed by atoms with E-state index in [1.54, 1.807) is 23.5 Å². The summed E-state index contributed by atoms with van der Waals surface area (Å²) in [5.74, 6) is 0.351. The van der Waals surface area contributed by atoms with Gasteiger partial charge in [-0.2, -0.15) is 5.26 Å². The van der Waals surface area contributed by atoms with E-state index >= 15 is 0 Å². The van der Waals surface area contributed by atoms with Gasteiger partial charge in [0, 0.05) is 10.4 Å². The molecule has 0 saturated heterocycles. The molecule has 1 amide bonds. The monoisotopic (exact) mass is 425 g/mol. The van der Waals surface area contributed by atoms with Gasteiger partial charge in [0.05, 0.1) is 5.56 Å². The average molecular weight is 426 g/mol. The lowest BCUT2D eigenvalue weighted by molar-refractivity contribution is 0.0977. The second-order valence-electron chi connectivity index (χ2n) is 8.58. The highest BCUT2D eigenvalue weighted by Crippen LogP contribution is 2.43. The quantitative estimate of drug-likeness (QED) is 0.641. The Labute approximate surface area is 182 Å². The van der Waals surface area contributed by atoms with Crippen molar-refractivity contribution in [3.63, 3.8) is 0 Å². The minimum atomic E-state index is -0.252. The zero-order valence-corrected chi connectivity index (χ0v) is 19.0. The van der Waals surface area contributed by atoms with E-state index in [9.17, 15) is 10.1 Å². The summed E-state index contributed by atoms with van der Waals surface area (Å²) in [4.78, 5) is 13.7. The number of carbonyl (C=O) groups is 1. The Hall–Kier alpha value is -2.23. The van der Waals surface area contributed by atoms with Crippen LogP contribution in [0, 0.1) is 22.7 Å². The Kier molecular flexibility index (Phi) is 6.40. The number of hydrogen-bond donors (Lipinski definition) is 2. The van der Waals surface area contributed by atoms with E-state index in [1.807, 2.05) is 12.1 Å². The number of anilines is 1. The van der Waals surface area contributed by atoms with Crippen LogP contribution in [0.3, 0.4) is 0 Å². The third kappa shape index (κ3) is 4.85. The van der Waals surface area contributed by atoms with Crippen molar-refractivity contribution >= 4 is 39.6 Å². The summed E-state index contributed by atoms with van der Waals surface area (Å²) in [6.07, 6.45) is 3.93. The van der Waals surface area contributed by atoms with Crippen LogP contribution < -0.4 is 10.6 Å². The van der Waals surface area contributed by atoms with Crippen molar-refractivity contribution < 1.29 is 4.79 Å². The van der Waals surface area contributed by atoms with Crippen molar-refractivity contribution in [3.8, 4) is 6.07 Å². The normalized spacial score (nSPS) is 15.9. The topological polar surface area (TPSA) is 64.9 Å². The fourth-order valence-corrected chi connectivity index (χ4v) is 5.27. The number of thiophene rings is 1. The first-order chi connectivity index (χ1) is 13.7. The van der Waals surface area contributed by atoms with Gasteiger partial charge in [0.15, 0.2) is 5.11 Å². The lowest BCUT2D eigenvalue weighted by Crippen LogP contribution is -2.34. The molecule has 1 aromatic carbocycles. The van der Waals surface area contributed by atoms with Gasteiger partial charge >= 0.3 is 0 Å². The Morgan fingerprint density at radius 2 is 2.00 bits per heavy atom. The molecular formula is C23H27N3OS2. The Bertz CT molecular complexity index is 962. The van der Waals surface area contributed by atoms with Gasteiger partial charge in [0.25, 0.3) is 5.91 Å². The summed E-state index contributed by atoms with van der Waals surface area (Å²) in [5, 5.41) is 16.5. The molecule has 0 saturated carbocycles. The average Bonchev–Trinajstić information content (AvgIpc) is 3.03. The summed E-state index contributed by atoms with van der Waals surface area (Å²) in [6, 6.07) is 9.82. The predicted molar refractivity (Wildman–Crippen MR) is 124 cm³/mol. The number of hydrogen-bond acceptors (Lipinski definition) is 4. The maximum Gasteiger partial charge on any atom is 0.257 e. The maximum absolute atomic E-state index is 12.4. The molecule has 0 fully saturated rings. The lowest BCUT2D eigenvalue weighted by atomic mass is 9.72. The van der Waals surface area contributed by atoms with Gasteiger partial charge in [-0.3, -0.25) is 10.1 Å². The largest absolute Gasteiger partial charge is 0.323 e. The van der Waals surface area contributed by atoms with Gasteiger partial charge in [-0.15, -0.1) is 11.3 Å². The fourth-order valence-electron chi connectivity index (χ4n) is 3.73. The van der Waals surface area contributed by atoms with E-state index in [0.717, 1.165) is 36.2 Å². The highest BCUT2D eigenvalue weighted by Gasteiger charge is 2.32. The number of carbonyl (C=O) groups excluding carboxylic acids is 1. The standard InChI is InChI=1S/C23H27N3OS2/c1-5-14-6-8-15(9-7-14)20(27)25-22(28)26-21-18(13-24)17-11-10-16(23(2,3)4)12-19(17)29-21/h6-9,16H,5,10-12H2,1-4H3,(H2,25,26,27,28)/t16-/m0/s1. The predicted octanol–water partition coefficient (Wildman–Crippen LogP) is 5.46. The Morgan fingerprint density at radius 1 is 1.31 bits per heavy atom. The third-order valence-corrected chi connectivity index (χ3v) is 7.05. The number of amides is 1. The van der Waals surface area contributed by atoms with Crippen LogP contribution in [0.5, 0.6) is 0 Å². The summed E-state index contributed by atoms with van der Waals surface area (Å²) < 4.78 is 0. The first-order valence-electron chi connectivity index (χ1n) is 9.98. The summed E-state index contributed by atoms with van der Waals surface area (Å²) in [6.45, 7) is 8.90. The SMILES string of the molecule is CCc1ccc(C(=O)NC(=S)Nc2sc3c(c2C#N)CC[C@H](C(C)(C)C)C3)cc1. The van der Waals surface area contributed by atoms with E-state index in [1.165, 1.54) is 10.4 Å². The second-order valence-corrected chi connectivity index (χ2v) is 10.1. The van der Waals surface area contributed by atoms with Crippen molar-refractivity contribution in [1.82, 2.24) is 5.32 Å². The zero-order chi connectivity index (χ0) is 21.2. The number of nitrogens with one attached hydrogen (secondary N) is 2. The molecule has 2 N–H and O–H groups in total. The second kappa shape index (κ2) is 8.64. The van der Waals surface area contributed by atoms with E-state index in [-0.39, 0.29) is 16.4 Å². The van der Waals surface area contributed by atoms with Crippen LogP contribution in [0.15, 0.2) is 24.3 Å². The minimum Gasteiger partial charge on any atom is -0.323 e. The van der Waals surface area contributed by atoms with Gasteiger partial charge in [-0.05, 0) is 72.5 Å². The number of aryl methyl sites for hydroxylation is 1. The number of thiocarbonyl (C=S) groups is 1. The molecule has 3 rings (SSSR count). The smallest absolute Gasteiger partial charge is 0.257 e. The molecule has 29 heavy (non-hydrogen) atoms. The van der Waals surface area contributed by atoms with Crippen molar-refractivity contribution in [2.24, 2.45) is 11.3 Å². The molecule has 2 aromatic rings. The van der Waals surface area contributed by atoms with Gasteiger partial charge in [0.2, 0.25) is 0 Å². The molecule has 1 aliphatic carbocycles. The lowest BCUT2D eigenvalue weighted by Gasteiger charge is -2.33.